The van der Waals surface area contributed by atoms with Crippen molar-refractivity contribution in [2.75, 3.05) is 12.8 Å². The number of hydrogen-bond donors (Lipinski definition) is 0. The van der Waals surface area contributed by atoms with Gasteiger partial charge in [-0.15, -0.1) is 0 Å². The van der Waals surface area contributed by atoms with Gasteiger partial charge in [0.2, 0.25) is 5.91 Å². The summed E-state index contributed by atoms with van der Waals surface area (Å²) in [6, 6.07) is 13.5. The smallest absolute Gasteiger partial charge is 0.251 e. The van der Waals surface area contributed by atoms with E-state index in [2.05, 4.69) is 31.2 Å². The zero-order chi connectivity index (χ0) is 15.9. The number of pyridine rings is 1. The van der Waals surface area contributed by atoms with E-state index in [4.69, 9.17) is 0 Å². The first-order chi connectivity index (χ1) is 10.6. The number of nitrogens with zero attached hydrogens (tertiary/aromatic N) is 2. The van der Waals surface area contributed by atoms with Crippen molar-refractivity contribution in [1.82, 2.24) is 4.90 Å². The minimum Gasteiger partial charge on any atom is -0.618 e. The maximum atomic E-state index is 12.1. The molecule has 0 N–H and O–H groups in total. The van der Waals surface area contributed by atoms with Gasteiger partial charge in [-0.1, -0.05) is 31.2 Å². The second kappa shape index (κ2) is 7.84. The maximum Gasteiger partial charge on any atom is 0.251 e. The number of carbonyl (C=O) groups is 1. The summed E-state index contributed by atoms with van der Waals surface area (Å²) in [4.78, 5) is 13.8. The topological polar surface area (TPSA) is 47.2 Å². The predicted octanol–water partition coefficient (Wildman–Crippen LogP) is 2.63. The number of rotatable bonds is 6. The SMILES string of the molecule is CCc1ccc(CN(C)C(=O)CSc2cccc[n+]2[O-])cc1. The quantitative estimate of drug-likeness (QED) is 0.467. The van der Waals surface area contributed by atoms with Gasteiger partial charge in [-0.2, -0.15) is 4.73 Å². The highest BCUT2D eigenvalue weighted by atomic mass is 32.2. The molecule has 22 heavy (non-hydrogen) atoms. The first-order valence-electron chi connectivity index (χ1n) is 7.23. The van der Waals surface area contributed by atoms with Crippen LogP contribution in [0.25, 0.3) is 0 Å². The standard InChI is InChI=1S/C17H20N2O2S/c1-3-14-7-9-15(10-8-14)12-18(2)16(20)13-22-17-6-4-5-11-19(17)21/h4-11H,3,12-13H2,1-2H3. The molecule has 0 saturated carbocycles. The molecule has 4 nitrogen and oxygen atoms in total. The molecule has 0 atom stereocenters. The minimum atomic E-state index is 0.00780. The van der Waals surface area contributed by atoms with E-state index in [0.29, 0.717) is 11.6 Å². The zero-order valence-corrected chi connectivity index (χ0v) is 13.7. The lowest BCUT2D eigenvalue weighted by Crippen LogP contribution is -2.31. The van der Waals surface area contributed by atoms with Gasteiger partial charge in [0.05, 0.1) is 5.75 Å². The number of aromatic nitrogens is 1. The summed E-state index contributed by atoms with van der Waals surface area (Å²) in [5.41, 5.74) is 2.40. The summed E-state index contributed by atoms with van der Waals surface area (Å²) >= 11 is 1.26. The van der Waals surface area contributed by atoms with Crippen molar-refractivity contribution in [1.29, 1.82) is 0 Å². The molecule has 1 aromatic carbocycles. The van der Waals surface area contributed by atoms with E-state index in [1.54, 1.807) is 30.1 Å². The van der Waals surface area contributed by atoms with E-state index in [-0.39, 0.29) is 11.7 Å². The van der Waals surface area contributed by atoms with Crippen LogP contribution < -0.4 is 4.73 Å². The lowest BCUT2D eigenvalue weighted by molar-refractivity contribution is -0.645. The molecule has 1 amide bonds. The lowest BCUT2D eigenvalue weighted by Gasteiger charge is -2.17. The van der Waals surface area contributed by atoms with Gasteiger partial charge in [0.25, 0.3) is 5.03 Å². The summed E-state index contributed by atoms with van der Waals surface area (Å²) < 4.78 is 0.779. The van der Waals surface area contributed by atoms with Crippen LogP contribution in [-0.4, -0.2) is 23.6 Å². The second-order valence-electron chi connectivity index (χ2n) is 5.07. The molecule has 0 fully saturated rings. The molecule has 0 radical (unpaired) electrons. The van der Waals surface area contributed by atoms with Crippen molar-refractivity contribution in [3.8, 4) is 0 Å². The Morgan fingerprint density at radius 2 is 1.86 bits per heavy atom. The van der Waals surface area contributed by atoms with E-state index < -0.39 is 0 Å². The highest BCUT2D eigenvalue weighted by Gasteiger charge is 2.13. The molecular weight excluding hydrogens is 296 g/mol. The Bertz CT molecular complexity index is 629. The molecule has 0 aliphatic carbocycles. The Hall–Kier alpha value is -2.01. The zero-order valence-electron chi connectivity index (χ0n) is 12.9. The van der Waals surface area contributed by atoms with Crippen LogP contribution in [0.5, 0.6) is 0 Å². The maximum absolute atomic E-state index is 12.1. The monoisotopic (exact) mass is 316 g/mol. The molecule has 2 aromatic rings. The van der Waals surface area contributed by atoms with Gasteiger partial charge in [0.1, 0.15) is 0 Å². The molecule has 0 aliphatic heterocycles. The molecule has 0 aliphatic rings. The number of amides is 1. The fourth-order valence-electron chi connectivity index (χ4n) is 2.01. The van der Waals surface area contributed by atoms with Crippen LogP contribution in [0.2, 0.25) is 0 Å². The highest BCUT2D eigenvalue weighted by Crippen LogP contribution is 2.14. The molecule has 2 rings (SSSR count). The molecule has 116 valence electrons. The molecule has 5 heteroatoms. The third kappa shape index (κ3) is 4.49. The minimum absolute atomic E-state index is 0.00780. The predicted molar refractivity (Wildman–Crippen MR) is 88.4 cm³/mol. The Labute approximate surface area is 135 Å². The van der Waals surface area contributed by atoms with Crippen LogP contribution in [0.15, 0.2) is 53.7 Å². The lowest BCUT2D eigenvalue weighted by atomic mass is 10.1. The Morgan fingerprint density at radius 1 is 1.18 bits per heavy atom. The van der Waals surface area contributed by atoms with E-state index in [0.717, 1.165) is 16.7 Å². The van der Waals surface area contributed by atoms with Crippen molar-refractivity contribution in [2.24, 2.45) is 0 Å². The van der Waals surface area contributed by atoms with Crippen molar-refractivity contribution >= 4 is 17.7 Å². The molecule has 0 unspecified atom stereocenters. The van der Waals surface area contributed by atoms with Gasteiger partial charge in [-0.25, -0.2) is 0 Å². The van der Waals surface area contributed by atoms with Gasteiger partial charge in [0.15, 0.2) is 6.20 Å². The van der Waals surface area contributed by atoms with Gasteiger partial charge in [-0.05, 0) is 35.4 Å². The third-order valence-corrected chi connectivity index (χ3v) is 4.41. The molecule has 1 aromatic heterocycles. The van der Waals surface area contributed by atoms with Crippen molar-refractivity contribution in [2.45, 2.75) is 24.9 Å². The van der Waals surface area contributed by atoms with Crippen LogP contribution in [0.3, 0.4) is 0 Å². The number of carbonyl (C=O) groups excluding carboxylic acids is 1. The Balaban J connectivity index is 1.87. The van der Waals surface area contributed by atoms with Gasteiger partial charge in [0, 0.05) is 25.7 Å². The van der Waals surface area contributed by atoms with Gasteiger partial charge in [-0.3, -0.25) is 4.79 Å². The van der Waals surface area contributed by atoms with Crippen LogP contribution in [0.4, 0.5) is 0 Å². The van der Waals surface area contributed by atoms with Crippen LogP contribution in [0.1, 0.15) is 18.1 Å². The molecule has 0 saturated heterocycles. The van der Waals surface area contributed by atoms with E-state index in [1.165, 1.54) is 23.5 Å². The summed E-state index contributed by atoms with van der Waals surface area (Å²) in [5.74, 6) is 0.268. The normalized spacial score (nSPS) is 10.5. The number of benzene rings is 1. The largest absolute Gasteiger partial charge is 0.618 e. The number of aryl methyl sites for hydroxylation is 1. The van der Waals surface area contributed by atoms with Gasteiger partial charge < -0.3 is 10.1 Å². The van der Waals surface area contributed by atoms with Crippen molar-refractivity contribution < 1.29 is 9.52 Å². The summed E-state index contributed by atoms with van der Waals surface area (Å²) in [6.07, 6.45) is 2.45. The van der Waals surface area contributed by atoms with Crippen LogP contribution in [-0.2, 0) is 17.8 Å². The van der Waals surface area contributed by atoms with Crippen LogP contribution in [0, 0.1) is 5.21 Å². The molecule has 0 spiro atoms. The first-order valence-corrected chi connectivity index (χ1v) is 8.21. The average molecular weight is 316 g/mol. The van der Waals surface area contributed by atoms with E-state index >= 15 is 0 Å². The van der Waals surface area contributed by atoms with Crippen molar-refractivity contribution in [3.63, 3.8) is 0 Å². The summed E-state index contributed by atoms with van der Waals surface area (Å²) in [7, 11) is 1.78. The fourth-order valence-corrected chi connectivity index (χ4v) is 2.87. The first kappa shape index (κ1) is 16.4. The molecular formula is C17H20N2O2S. The summed E-state index contributed by atoms with van der Waals surface area (Å²) in [6.45, 7) is 2.70. The fraction of sp³-hybridized carbons (Fsp3) is 0.294. The third-order valence-electron chi connectivity index (χ3n) is 3.41. The Morgan fingerprint density at radius 3 is 2.50 bits per heavy atom. The number of hydrogen-bond acceptors (Lipinski definition) is 3. The summed E-state index contributed by atoms with van der Waals surface area (Å²) in [5, 5.41) is 12.1. The van der Waals surface area contributed by atoms with Crippen LogP contribution >= 0.6 is 11.8 Å². The van der Waals surface area contributed by atoms with E-state index in [1.807, 2.05) is 0 Å². The van der Waals surface area contributed by atoms with Crippen molar-refractivity contribution in [3.05, 3.63) is 65.0 Å². The van der Waals surface area contributed by atoms with E-state index in [9.17, 15) is 10.0 Å². The highest BCUT2D eigenvalue weighted by molar-refractivity contribution is 7.99. The van der Waals surface area contributed by atoms with Gasteiger partial charge >= 0.3 is 0 Å². The molecule has 1 heterocycles. The average Bonchev–Trinajstić information content (AvgIpc) is 2.54. The second-order valence-corrected chi connectivity index (χ2v) is 6.07. The number of thioether (sulfide) groups is 1. The Kier molecular flexibility index (Phi) is 5.83. The molecule has 0 bridgehead atoms.